The van der Waals surface area contributed by atoms with Crippen molar-refractivity contribution in [2.24, 2.45) is 0 Å². The molecule has 0 bridgehead atoms. The molecule has 1 N–H and O–H groups in total. The molecule has 7 heteroatoms. The Morgan fingerprint density at radius 2 is 1.87 bits per heavy atom. The van der Waals surface area contributed by atoms with Crippen LogP contribution < -0.4 is 15.8 Å². The second kappa shape index (κ2) is 9.55. The zero-order chi connectivity index (χ0) is 21.6. The van der Waals surface area contributed by atoms with Gasteiger partial charge in [-0.3, -0.25) is 9.59 Å². The Bertz CT molecular complexity index is 1070. The van der Waals surface area contributed by atoms with Crippen molar-refractivity contribution in [2.45, 2.75) is 38.8 Å². The van der Waals surface area contributed by atoms with Crippen LogP contribution in [0.5, 0.6) is 0 Å². The first kappa shape index (κ1) is 20.8. The van der Waals surface area contributed by atoms with Crippen molar-refractivity contribution in [1.82, 2.24) is 20.1 Å². The molecule has 0 atom stereocenters. The van der Waals surface area contributed by atoms with Gasteiger partial charge in [0.1, 0.15) is 5.56 Å². The van der Waals surface area contributed by atoms with E-state index in [9.17, 15) is 9.59 Å². The molecule has 1 amide bonds. The molecular weight excluding hydrogens is 390 g/mol. The Morgan fingerprint density at radius 3 is 2.58 bits per heavy atom. The minimum absolute atomic E-state index is 0.0391. The Kier molecular flexibility index (Phi) is 6.40. The minimum Gasteiger partial charge on any atom is -0.355 e. The standard InChI is InChI=1S/C24H27N5O2/c1-18-9-14-29(15-10-19-6-3-2-4-7-19)24(31)22(18)23(30)26-20-11-16-28(17-12-20)21-8-5-13-25-27-21/h2-9,13-14,20H,10-12,15-17H2,1H3,(H,26,30). The molecule has 3 heterocycles. The SMILES string of the molecule is Cc1ccn(CCc2ccccc2)c(=O)c1C(=O)NC1CCN(c2cccnn2)CC1. The van der Waals surface area contributed by atoms with Gasteiger partial charge in [0, 0.05) is 38.1 Å². The highest BCUT2D eigenvalue weighted by molar-refractivity contribution is 5.95. The van der Waals surface area contributed by atoms with Crippen LogP contribution in [0.4, 0.5) is 5.82 Å². The Balaban J connectivity index is 1.40. The van der Waals surface area contributed by atoms with Crippen LogP contribution in [0.25, 0.3) is 0 Å². The lowest BCUT2D eigenvalue weighted by atomic mass is 10.0. The molecule has 1 aliphatic rings. The highest BCUT2D eigenvalue weighted by atomic mass is 16.2. The Morgan fingerprint density at radius 1 is 1.10 bits per heavy atom. The summed E-state index contributed by atoms with van der Waals surface area (Å²) in [4.78, 5) is 28.1. The number of nitrogens with one attached hydrogen (secondary N) is 1. The van der Waals surface area contributed by atoms with Gasteiger partial charge in [-0.25, -0.2) is 0 Å². The highest BCUT2D eigenvalue weighted by Gasteiger charge is 2.24. The fourth-order valence-corrected chi connectivity index (χ4v) is 3.98. The molecule has 1 aromatic carbocycles. The summed E-state index contributed by atoms with van der Waals surface area (Å²) in [5.74, 6) is 0.571. The van der Waals surface area contributed by atoms with E-state index in [-0.39, 0.29) is 23.1 Å². The first-order valence-electron chi connectivity index (χ1n) is 10.7. The molecule has 3 aromatic rings. The quantitative estimate of drug-likeness (QED) is 0.667. The van der Waals surface area contributed by atoms with Crippen molar-refractivity contribution in [2.75, 3.05) is 18.0 Å². The fraction of sp³-hybridized carbons (Fsp3) is 0.333. The van der Waals surface area contributed by atoms with Gasteiger partial charge in [0.05, 0.1) is 0 Å². The molecule has 0 spiro atoms. The molecule has 0 unspecified atom stereocenters. The number of hydrogen-bond donors (Lipinski definition) is 1. The number of hydrogen-bond acceptors (Lipinski definition) is 5. The topological polar surface area (TPSA) is 80.1 Å². The molecule has 7 nitrogen and oxygen atoms in total. The molecule has 31 heavy (non-hydrogen) atoms. The normalized spacial score (nSPS) is 14.4. The summed E-state index contributed by atoms with van der Waals surface area (Å²) in [6.45, 7) is 3.94. The summed E-state index contributed by atoms with van der Waals surface area (Å²) >= 11 is 0. The van der Waals surface area contributed by atoms with Crippen molar-refractivity contribution in [3.63, 3.8) is 0 Å². The molecule has 0 saturated carbocycles. The molecule has 4 rings (SSSR count). The summed E-state index contributed by atoms with van der Waals surface area (Å²) in [5.41, 5.74) is 1.88. The Labute approximate surface area is 181 Å². The van der Waals surface area contributed by atoms with Crippen LogP contribution in [0.1, 0.15) is 34.3 Å². The molecule has 160 valence electrons. The lowest BCUT2D eigenvalue weighted by Gasteiger charge is -2.32. The summed E-state index contributed by atoms with van der Waals surface area (Å²) in [6.07, 6.45) is 5.78. The maximum atomic E-state index is 13.0. The molecule has 1 aliphatic heterocycles. The van der Waals surface area contributed by atoms with Gasteiger partial charge >= 0.3 is 0 Å². The predicted octanol–water partition coefficient (Wildman–Crippen LogP) is 2.59. The van der Waals surface area contributed by atoms with E-state index in [4.69, 9.17) is 0 Å². The zero-order valence-electron chi connectivity index (χ0n) is 17.7. The van der Waals surface area contributed by atoms with Gasteiger partial charge in [-0.05, 0) is 55.5 Å². The fourth-order valence-electron chi connectivity index (χ4n) is 3.98. The van der Waals surface area contributed by atoms with E-state index in [1.807, 2.05) is 55.5 Å². The van der Waals surface area contributed by atoms with Gasteiger partial charge in [-0.15, -0.1) is 5.10 Å². The summed E-state index contributed by atoms with van der Waals surface area (Å²) in [5, 5.41) is 11.2. The van der Waals surface area contributed by atoms with E-state index < -0.39 is 0 Å². The summed E-state index contributed by atoms with van der Waals surface area (Å²) in [6, 6.07) is 15.7. The zero-order valence-corrected chi connectivity index (χ0v) is 17.7. The lowest BCUT2D eigenvalue weighted by Crippen LogP contribution is -2.46. The van der Waals surface area contributed by atoms with Gasteiger partial charge in [0.25, 0.3) is 11.5 Å². The summed E-state index contributed by atoms with van der Waals surface area (Å²) in [7, 11) is 0. The van der Waals surface area contributed by atoms with Crippen LogP contribution in [0, 0.1) is 6.92 Å². The van der Waals surface area contributed by atoms with Crippen LogP contribution in [-0.2, 0) is 13.0 Å². The number of pyridine rings is 1. The van der Waals surface area contributed by atoms with Crippen molar-refractivity contribution >= 4 is 11.7 Å². The minimum atomic E-state index is -0.283. The third-order valence-electron chi connectivity index (χ3n) is 5.80. The second-order valence-electron chi connectivity index (χ2n) is 7.92. The smallest absolute Gasteiger partial charge is 0.263 e. The van der Waals surface area contributed by atoms with Crippen LogP contribution in [0.15, 0.2) is 65.7 Å². The number of carbonyl (C=O) groups excluding carboxylic acids is 1. The number of amides is 1. The van der Waals surface area contributed by atoms with Gasteiger partial charge in [-0.2, -0.15) is 5.10 Å². The largest absolute Gasteiger partial charge is 0.355 e. The molecule has 1 saturated heterocycles. The van der Waals surface area contributed by atoms with Crippen LogP contribution >= 0.6 is 0 Å². The lowest BCUT2D eigenvalue weighted by molar-refractivity contribution is 0.0928. The van der Waals surface area contributed by atoms with E-state index >= 15 is 0 Å². The van der Waals surface area contributed by atoms with Gasteiger partial charge in [-0.1, -0.05) is 30.3 Å². The average Bonchev–Trinajstić information content (AvgIpc) is 2.80. The van der Waals surface area contributed by atoms with Crippen LogP contribution in [0.3, 0.4) is 0 Å². The maximum absolute atomic E-state index is 13.0. The molecule has 0 radical (unpaired) electrons. The van der Waals surface area contributed by atoms with Gasteiger partial charge < -0.3 is 14.8 Å². The number of piperidine rings is 1. The average molecular weight is 418 g/mol. The number of benzene rings is 1. The van der Waals surface area contributed by atoms with E-state index in [1.165, 1.54) is 0 Å². The van der Waals surface area contributed by atoms with E-state index in [0.717, 1.165) is 43.7 Å². The van der Waals surface area contributed by atoms with Gasteiger partial charge in [0.2, 0.25) is 0 Å². The number of rotatable bonds is 6. The van der Waals surface area contributed by atoms with E-state index in [2.05, 4.69) is 20.4 Å². The first-order valence-corrected chi connectivity index (χ1v) is 10.7. The van der Waals surface area contributed by atoms with E-state index in [1.54, 1.807) is 17.0 Å². The van der Waals surface area contributed by atoms with Crippen molar-refractivity contribution in [3.8, 4) is 0 Å². The summed E-state index contributed by atoms with van der Waals surface area (Å²) < 4.78 is 1.63. The number of carbonyl (C=O) groups is 1. The van der Waals surface area contributed by atoms with Crippen molar-refractivity contribution in [1.29, 1.82) is 0 Å². The van der Waals surface area contributed by atoms with Crippen LogP contribution in [0.2, 0.25) is 0 Å². The first-order chi connectivity index (χ1) is 15.1. The van der Waals surface area contributed by atoms with E-state index in [0.29, 0.717) is 12.1 Å². The highest BCUT2D eigenvalue weighted by Crippen LogP contribution is 2.17. The molecule has 2 aromatic heterocycles. The van der Waals surface area contributed by atoms with Crippen molar-refractivity contribution in [3.05, 3.63) is 88.0 Å². The number of anilines is 1. The number of nitrogens with zero attached hydrogens (tertiary/aromatic N) is 4. The third kappa shape index (κ3) is 4.99. The monoisotopic (exact) mass is 417 g/mol. The number of aryl methyl sites for hydroxylation is 3. The Hall–Kier alpha value is -3.48. The van der Waals surface area contributed by atoms with Gasteiger partial charge in [0.15, 0.2) is 5.82 Å². The molecule has 1 fully saturated rings. The number of aromatic nitrogens is 3. The van der Waals surface area contributed by atoms with Crippen molar-refractivity contribution < 1.29 is 4.79 Å². The third-order valence-corrected chi connectivity index (χ3v) is 5.80. The maximum Gasteiger partial charge on any atom is 0.263 e. The van der Waals surface area contributed by atoms with Crippen LogP contribution in [-0.4, -0.2) is 39.8 Å². The second-order valence-corrected chi connectivity index (χ2v) is 7.92. The molecule has 0 aliphatic carbocycles. The molecular formula is C24H27N5O2. The predicted molar refractivity (Wildman–Crippen MR) is 120 cm³/mol.